The van der Waals surface area contributed by atoms with Crippen molar-refractivity contribution in [3.63, 3.8) is 0 Å². The average Bonchev–Trinajstić information content (AvgIpc) is 3.91. The minimum absolute atomic E-state index is 0.102. The van der Waals surface area contributed by atoms with Crippen molar-refractivity contribution in [1.29, 1.82) is 0 Å². The highest BCUT2D eigenvalue weighted by molar-refractivity contribution is 7.15. The van der Waals surface area contributed by atoms with Crippen LogP contribution in [0.4, 0.5) is 21.9 Å². The summed E-state index contributed by atoms with van der Waals surface area (Å²) in [5.74, 6) is 0.530. The molecule has 0 aliphatic carbocycles. The van der Waals surface area contributed by atoms with E-state index in [0.29, 0.717) is 40.4 Å². The van der Waals surface area contributed by atoms with E-state index < -0.39 is 0 Å². The minimum Gasteiger partial charge on any atom is -0.374 e. The zero-order valence-electron chi connectivity index (χ0n) is 33.3. The van der Waals surface area contributed by atoms with E-state index in [1.165, 1.54) is 22.7 Å². The Morgan fingerprint density at radius 1 is 0.459 bits per heavy atom. The molecular formula is C43H45N13O3S2. The Morgan fingerprint density at radius 3 is 1.46 bits per heavy atom. The first-order valence-corrected chi connectivity index (χ1v) is 21.4. The van der Waals surface area contributed by atoms with E-state index in [-0.39, 0.29) is 24.1 Å². The molecule has 5 heterocycles. The molecule has 16 nitrogen and oxygen atoms in total. The van der Waals surface area contributed by atoms with Crippen LogP contribution in [0.2, 0.25) is 0 Å². The van der Waals surface area contributed by atoms with E-state index >= 15 is 0 Å². The summed E-state index contributed by atoms with van der Waals surface area (Å²) in [6.07, 6.45) is 9.53. The Kier molecular flexibility index (Phi) is 16.9. The van der Waals surface area contributed by atoms with E-state index in [1.807, 2.05) is 91.0 Å². The van der Waals surface area contributed by atoms with Gasteiger partial charge in [0, 0.05) is 24.7 Å². The van der Waals surface area contributed by atoms with Crippen molar-refractivity contribution >= 4 is 62.3 Å². The Morgan fingerprint density at radius 2 is 0.967 bits per heavy atom. The molecule has 0 saturated carbocycles. The summed E-state index contributed by atoms with van der Waals surface area (Å²) >= 11 is 2.81. The molecule has 3 amide bonds. The number of nitrogens with one attached hydrogen (secondary N) is 3. The molecule has 7 rings (SSSR count). The number of nitrogens with two attached hydrogens (primary N) is 1. The monoisotopic (exact) mass is 855 g/mol. The fourth-order valence-electron chi connectivity index (χ4n) is 5.82. The number of unbranched alkanes of at least 4 members (excludes halogenated alkanes) is 2. The van der Waals surface area contributed by atoms with Crippen LogP contribution in [0.3, 0.4) is 0 Å². The summed E-state index contributed by atoms with van der Waals surface area (Å²) < 4.78 is 0. The molecule has 18 heteroatoms. The van der Waals surface area contributed by atoms with Gasteiger partial charge < -0.3 is 21.7 Å². The number of rotatable bonds is 19. The molecule has 312 valence electrons. The van der Waals surface area contributed by atoms with Crippen LogP contribution in [-0.2, 0) is 59.3 Å². The first-order valence-electron chi connectivity index (χ1n) is 19.8. The summed E-state index contributed by atoms with van der Waals surface area (Å²) in [6, 6.07) is 32.0. The van der Waals surface area contributed by atoms with E-state index in [9.17, 15) is 14.4 Å². The van der Waals surface area contributed by atoms with Crippen LogP contribution in [0.1, 0.15) is 63.9 Å². The molecule has 2 aromatic carbocycles. The number of aromatic nitrogens is 9. The molecule has 0 bridgehead atoms. The Bertz CT molecular complexity index is 2400. The zero-order chi connectivity index (χ0) is 42.5. The second-order valence-corrected chi connectivity index (χ2v) is 15.9. The van der Waals surface area contributed by atoms with Crippen molar-refractivity contribution in [3.05, 3.63) is 148 Å². The molecule has 7 aromatic rings. The third-order valence-corrected chi connectivity index (χ3v) is 10.5. The van der Waals surface area contributed by atoms with Crippen LogP contribution in [0.25, 0.3) is 0 Å². The fourth-order valence-corrected chi connectivity index (χ4v) is 7.27. The predicted octanol–water partition coefficient (Wildman–Crippen LogP) is 6.31. The number of carbonyl (C=O) groups is 3. The smallest absolute Gasteiger partial charge is 0.232 e. The predicted molar refractivity (Wildman–Crippen MR) is 236 cm³/mol. The Labute approximate surface area is 360 Å². The van der Waals surface area contributed by atoms with Gasteiger partial charge in [-0.05, 0) is 86.1 Å². The maximum Gasteiger partial charge on any atom is 0.232 e. The van der Waals surface area contributed by atoms with Crippen LogP contribution in [0.15, 0.2) is 109 Å². The lowest BCUT2D eigenvalue weighted by Crippen LogP contribution is -2.15. The van der Waals surface area contributed by atoms with Gasteiger partial charge in [0.25, 0.3) is 0 Å². The molecule has 0 fully saturated rings. The van der Waals surface area contributed by atoms with Crippen LogP contribution in [0, 0.1) is 0 Å². The second kappa shape index (κ2) is 23.6. The molecular weight excluding hydrogens is 811 g/mol. The van der Waals surface area contributed by atoms with Gasteiger partial charge in [0.2, 0.25) is 28.0 Å². The van der Waals surface area contributed by atoms with E-state index in [1.54, 1.807) is 18.3 Å². The lowest BCUT2D eigenvalue weighted by atomic mass is 10.1. The first kappa shape index (κ1) is 43.7. The number of nitrogens with zero attached hydrogens (tertiary/aromatic N) is 9. The standard InChI is InChI=1S/C25H25N7O2S.C18H20N6OS/c33-22(16-18-8-2-1-3-9-18)27-21-14-13-19(29-30-21)10-4-5-12-24-31-32-25(35-24)28-23(34)17-20-11-6-7-15-26-20;19-18-24-23-17(26-18)9-5-4-8-14-10-11-15(22-21-14)20-16(25)12-13-6-2-1-3-7-13/h1-3,6-9,11,13-15H,4-5,10,12,16-17H2,(H,27,30,33)(H,28,32,34);1-3,6-7,10-11H,4-5,8-9,12H2,(H2,19,24)(H,20,22,25). The average molecular weight is 856 g/mol. The Balaban J connectivity index is 0.000000213. The third-order valence-electron chi connectivity index (χ3n) is 8.80. The first-order chi connectivity index (χ1) is 29.8. The number of carbonyl (C=O) groups excluding carboxylic acids is 3. The van der Waals surface area contributed by atoms with Gasteiger partial charge in [-0.1, -0.05) is 89.4 Å². The normalized spacial score (nSPS) is 10.6. The van der Waals surface area contributed by atoms with Crippen molar-refractivity contribution in [2.45, 2.75) is 70.6 Å². The molecule has 0 spiro atoms. The van der Waals surface area contributed by atoms with Gasteiger partial charge in [0.15, 0.2) is 11.6 Å². The molecule has 0 aliphatic heterocycles. The van der Waals surface area contributed by atoms with Gasteiger partial charge in [0.1, 0.15) is 10.0 Å². The SMILES string of the molecule is Nc1nnc(CCCCc2ccc(NC(=O)Cc3ccccc3)nn2)s1.O=C(Cc1ccccc1)Nc1ccc(CCCCc2nnc(NC(=O)Cc3ccccn3)s2)nn1. The minimum atomic E-state index is -0.162. The van der Waals surface area contributed by atoms with Crippen LogP contribution in [-0.4, -0.2) is 63.5 Å². The number of hydrogen-bond donors (Lipinski definition) is 4. The van der Waals surface area contributed by atoms with Gasteiger partial charge in [-0.15, -0.1) is 30.6 Å². The van der Waals surface area contributed by atoms with E-state index in [4.69, 9.17) is 5.73 Å². The lowest BCUT2D eigenvalue weighted by Gasteiger charge is -2.05. The number of nitrogen functional groups attached to an aromatic ring is 1. The van der Waals surface area contributed by atoms with Crippen LogP contribution >= 0.6 is 22.7 Å². The number of hydrogen-bond acceptors (Lipinski definition) is 15. The highest BCUT2D eigenvalue weighted by atomic mass is 32.1. The zero-order valence-corrected chi connectivity index (χ0v) is 34.9. The van der Waals surface area contributed by atoms with Crippen molar-refractivity contribution in [3.8, 4) is 0 Å². The summed E-state index contributed by atoms with van der Waals surface area (Å²) in [5.41, 5.74) is 9.96. The topological polar surface area (TPSA) is 229 Å². The van der Waals surface area contributed by atoms with Gasteiger partial charge in [-0.25, -0.2) is 0 Å². The number of amides is 3. The summed E-state index contributed by atoms with van der Waals surface area (Å²) in [4.78, 5) is 40.4. The maximum atomic E-state index is 12.1. The summed E-state index contributed by atoms with van der Waals surface area (Å²) in [6.45, 7) is 0. The molecule has 0 atom stereocenters. The molecule has 0 aliphatic rings. The molecule has 5 aromatic heterocycles. The van der Waals surface area contributed by atoms with Gasteiger partial charge in [-0.3, -0.25) is 19.4 Å². The summed E-state index contributed by atoms with van der Waals surface area (Å²) in [7, 11) is 0. The lowest BCUT2D eigenvalue weighted by molar-refractivity contribution is -0.116. The highest BCUT2D eigenvalue weighted by Crippen LogP contribution is 2.19. The van der Waals surface area contributed by atoms with Crippen LogP contribution < -0.4 is 21.7 Å². The molecule has 61 heavy (non-hydrogen) atoms. The van der Waals surface area contributed by atoms with Crippen molar-refractivity contribution in [1.82, 2.24) is 45.8 Å². The second-order valence-electron chi connectivity index (χ2n) is 13.7. The molecule has 0 unspecified atom stereocenters. The number of aryl methyl sites for hydroxylation is 4. The van der Waals surface area contributed by atoms with Gasteiger partial charge in [-0.2, -0.15) is 10.2 Å². The Hall–Kier alpha value is -6.92. The van der Waals surface area contributed by atoms with Crippen molar-refractivity contribution < 1.29 is 14.4 Å². The largest absolute Gasteiger partial charge is 0.374 e. The van der Waals surface area contributed by atoms with E-state index in [2.05, 4.69) is 61.7 Å². The highest BCUT2D eigenvalue weighted by Gasteiger charge is 2.11. The van der Waals surface area contributed by atoms with Gasteiger partial charge in [0.05, 0.1) is 30.7 Å². The quantitative estimate of drug-likeness (QED) is 0.0655. The fraction of sp³-hybridized carbons (Fsp3) is 0.256. The van der Waals surface area contributed by atoms with Gasteiger partial charge >= 0.3 is 0 Å². The number of benzene rings is 2. The maximum absolute atomic E-state index is 12.1. The number of anilines is 4. The third kappa shape index (κ3) is 16.0. The molecule has 5 N–H and O–H groups in total. The molecule has 0 radical (unpaired) electrons. The van der Waals surface area contributed by atoms with E-state index in [0.717, 1.165) is 83.9 Å². The summed E-state index contributed by atoms with van der Waals surface area (Å²) in [5, 5.41) is 43.8. The van der Waals surface area contributed by atoms with Crippen molar-refractivity contribution in [2.24, 2.45) is 0 Å². The van der Waals surface area contributed by atoms with Crippen LogP contribution in [0.5, 0.6) is 0 Å². The molecule has 0 saturated heterocycles. The number of pyridine rings is 1. The van der Waals surface area contributed by atoms with Crippen molar-refractivity contribution in [2.75, 3.05) is 21.7 Å².